The molecule has 30 heavy (non-hydrogen) atoms. The first kappa shape index (κ1) is 23.2. The van der Waals surface area contributed by atoms with Crippen molar-refractivity contribution in [2.45, 2.75) is 57.4 Å². The molecule has 3 rings (SSSR count). The molecule has 0 N–H and O–H groups in total. The number of benzene rings is 1. The topological polar surface area (TPSA) is 91.8 Å². The van der Waals surface area contributed by atoms with Crippen LogP contribution >= 0.6 is 0 Å². The van der Waals surface area contributed by atoms with Gasteiger partial charge < -0.3 is 4.90 Å². The maximum atomic E-state index is 13.2. The number of rotatable bonds is 6. The highest BCUT2D eigenvalue weighted by Gasteiger charge is 2.39. The lowest BCUT2D eigenvalue weighted by molar-refractivity contribution is -0.138. The predicted octanol–water partition coefficient (Wildman–Crippen LogP) is 2.13. The van der Waals surface area contributed by atoms with Crippen molar-refractivity contribution < 1.29 is 21.6 Å². The Hall–Kier alpha value is -1.45. The number of nitrogens with zero attached hydrogens (tertiary/aromatic N) is 2. The maximum absolute atomic E-state index is 13.2. The van der Waals surface area contributed by atoms with E-state index in [-0.39, 0.29) is 29.4 Å². The van der Waals surface area contributed by atoms with E-state index >= 15 is 0 Å². The summed E-state index contributed by atoms with van der Waals surface area (Å²) in [6.45, 7) is 6.85. The molecule has 1 amide bonds. The SMILES string of the molecule is CCCN(C(=O)C1CCN(S(=O)(=O)c2ccc(C)cc2C)CC1)C1CCS(=O)(=O)C1. The molecular weight excluding hydrogens is 424 g/mol. The first-order valence-corrected chi connectivity index (χ1v) is 13.9. The van der Waals surface area contributed by atoms with Crippen LogP contribution in [0.25, 0.3) is 0 Å². The van der Waals surface area contributed by atoms with Crippen molar-refractivity contribution in [3.05, 3.63) is 29.3 Å². The molecule has 0 bridgehead atoms. The number of amides is 1. The molecule has 7 nitrogen and oxygen atoms in total. The fourth-order valence-corrected chi connectivity index (χ4v) is 7.95. The summed E-state index contributed by atoms with van der Waals surface area (Å²) in [5.41, 5.74) is 1.74. The van der Waals surface area contributed by atoms with Gasteiger partial charge in [-0.25, -0.2) is 16.8 Å². The zero-order valence-corrected chi connectivity index (χ0v) is 19.6. The number of aryl methyl sites for hydroxylation is 2. The molecule has 2 aliphatic rings. The number of sulfonamides is 1. The molecule has 2 saturated heterocycles. The largest absolute Gasteiger partial charge is 0.338 e. The van der Waals surface area contributed by atoms with Crippen LogP contribution in [0.2, 0.25) is 0 Å². The van der Waals surface area contributed by atoms with Crippen LogP contribution in [0.3, 0.4) is 0 Å². The first-order valence-electron chi connectivity index (χ1n) is 10.6. The van der Waals surface area contributed by atoms with Gasteiger partial charge in [0, 0.05) is 31.6 Å². The molecule has 2 heterocycles. The van der Waals surface area contributed by atoms with Gasteiger partial charge in [0.2, 0.25) is 15.9 Å². The van der Waals surface area contributed by atoms with E-state index in [0.717, 1.165) is 17.5 Å². The zero-order chi connectivity index (χ0) is 22.1. The normalized spacial score (nSPS) is 22.8. The number of piperidine rings is 1. The molecule has 1 aromatic carbocycles. The van der Waals surface area contributed by atoms with Crippen LogP contribution in [0.4, 0.5) is 0 Å². The van der Waals surface area contributed by atoms with E-state index in [2.05, 4.69) is 0 Å². The fourth-order valence-electron chi connectivity index (χ4n) is 4.54. The monoisotopic (exact) mass is 456 g/mol. The average Bonchev–Trinajstić information content (AvgIpc) is 3.05. The maximum Gasteiger partial charge on any atom is 0.243 e. The molecule has 9 heteroatoms. The van der Waals surface area contributed by atoms with E-state index in [1.165, 1.54) is 4.31 Å². The Kier molecular flexibility index (Phi) is 6.94. The average molecular weight is 457 g/mol. The molecule has 1 unspecified atom stereocenters. The van der Waals surface area contributed by atoms with Crippen LogP contribution < -0.4 is 0 Å². The molecule has 1 atom stereocenters. The van der Waals surface area contributed by atoms with Gasteiger partial charge in [-0.2, -0.15) is 4.31 Å². The Balaban J connectivity index is 1.68. The molecular formula is C21H32N2O5S2. The summed E-state index contributed by atoms with van der Waals surface area (Å²) >= 11 is 0. The lowest BCUT2D eigenvalue weighted by Crippen LogP contribution is -2.48. The minimum atomic E-state index is -3.59. The van der Waals surface area contributed by atoms with Crippen molar-refractivity contribution in [2.24, 2.45) is 5.92 Å². The zero-order valence-electron chi connectivity index (χ0n) is 18.0. The van der Waals surface area contributed by atoms with Crippen LogP contribution in [0.15, 0.2) is 23.1 Å². The van der Waals surface area contributed by atoms with Crippen molar-refractivity contribution >= 4 is 25.8 Å². The quantitative estimate of drug-likeness (QED) is 0.654. The standard InChI is InChI=1S/C21H32N2O5S2/c1-4-10-23(19-9-13-29(25,26)15-19)21(24)18-7-11-22(12-8-18)30(27,28)20-6-5-16(2)14-17(20)3/h5-6,14,18-19H,4,7-13,15H2,1-3H3. The second-order valence-corrected chi connectivity index (χ2v) is 12.7. The molecule has 0 spiro atoms. The third kappa shape index (κ3) is 4.89. The van der Waals surface area contributed by atoms with Gasteiger partial charge in [-0.3, -0.25) is 4.79 Å². The Labute approximate surface area is 180 Å². The summed E-state index contributed by atoms with van der Waals surface area (Å²) in [6, 6.07) is 5.07. The lowest BCUT2D eigenvalue weighted by Gasteiger charge is -2.36. The Morgan fingerprint density at radius 3 is 2.37 bits per heavy atom. The number of carbonyl (C=O) groups is 1. The van der Waals surface area contributed by atoms with Crippen molar-refractivity contribution in [3.63, 3.8) is 0 Å². The van der Waals surface area contributed by atoms with Gasteiger partial charge in [-0.05, 0) is 51.2 Å². The van der Waals surface area contributed by atoms with Crippen molar-refractivity contribution in [2.75, 3.05) is 31.1 Å². The predicted molar refractivity (Wildman–Crippen MR) is 116 cm³/mol. The second kappa shape index (κ2) is 8.96. The molecule has 2 fully saturated rings. The van der Waals surface area contributed by atoms with Crippen molar-refractivity contribution in [1.82, 2.24) is 9.21 Å². The molecule has 2 aliphatic heterocycles. The van der Waals surface area contributed by atoms with Crippen LogP contribution in [0.5, 0.6) is 0 Å². The van der Waals surface area contributed by atoms with Gasteiger partial charge in [0.05, 0.1) is 16.4 Å². The van der Waals surface area contributed by atoms with Crippen LogP contribution in [0, 0.1) is 19.8 Å². The van der Waals surface area contributed by atoms with E-state index < -0.39 is 19.9 Å². The smallest absolute Gasteiger partial charge is 0.243 e. The molecule has 0 saturated carbocycles. The lowest BCUT2D eigenvalue weighted by atomic mass is 9.95. The summed E-state index contributed by atoms with van der Waals surface area (Å²) < 4.78 is 51.4. The third-order valence-electron chi connectivity index (χ3n) is 6.15. The van der Waals surface area contributed by atoms with E-state index in [4.69, 9.17) is 0 Å². The third-order valence-corrected chi connectivity index (χ3v) is 9.96. The van der Waals surface area contributed by atoms with Crippen molar-refractivity contribution in [1.29, 1.82) is 0 Å². The van der Waals surface area contributed by atoms with Crippen LogP contribution in [-0.4, -0.2) is 69.1 Å². The Morgan fingerprint density at radius 1 is 1.17 bits per heavy atom. The van der Waals surface area contributed by atoms with E-state index in [1.54, 1.807) is 24.0 Å². The summed E-state index contributed by atoms with van der Waals surface area (Å²) in [6.07, 6.45) is 2.18. The van der Waals surface area contributed by atoms with Crippen LogP contribution in [0.1, 0.15) is 43.7 Å². The fraction of sp³-hybridized carbons (Fsp3) is 0.667. The first-order chi connectivity index (χ1) is 14.0. The minimum absolute atomic E-state index is 0.0254. The van der Waals surface area contributed by atoms with Gasteiger partial charge in [-0.1, -0.05) is 24.6 Å². The van der Waals surface area contributed by atoms with E-state index in [0.29, 0.717) is 43.8 Å². The number of hydrogen-bond acceptors (Lipinski definition) is 5. The van der Waals surface area contributed by atoms with Crippen molar-refractivity contribution in [3.8, 4) is 0 Å². The van der Waals surface area contributed by atoms with Gasteiger partial charge in [0.25, 0.3) is 0 Å². The Morgan fingerprint density at radius 2 is 1.83 bits per heavy atom. The highest BCUT2D eigenvalue weighted by Crippen LogP contribution is 2.29. The van der Waals surface area contributed by atoms with Gasteiger partial charge in [-0.15, -0.1) is 0 Å². The minimum Gasteiger partial charge on any atom is -0.338 e. The van der Waals surface area contributed by atoms with E-state index in [9.17, 15) is 21.6 Å². The van der Waals surface area contributed by atoms with Gasteiger partial charge >= 0.3 is 0 Å². The molecule has 168 valence electrons. The summed E-state index contributed by atoms with van der Waals surface area (Å²) in [7, 11) is -6.66. The highest BCUT2D eigenvalue weighted by atomic mass is 32.2. The number of sulfone groups is 1. The highest BCUT2D eigenvalue weighted by molar-refractivity contribution is 7.91. The molecule has 0 radical (unpaired) electrons. The number of hydrogen-bond donors (Lipinski definition) is 0. The summed E-state index contributed by atoms with van der Waals surface area (Å²) in [5.74, 6) is -0.107. The summed E-state index contributed by atoms with van der Waals surface area (Å²) in [4.78, 5) is 15.2. The summed E-state index contributed by atoms with van der Waals surface area (Å²) in [5, 5.41) is 0. The molecule has 1 aromatic rings. The van der Waals surface area contributed by atoms with E-state index in [1.807, 2.05) is 19.9 Å². The van der Waals surface area contributed by atoms with Gasteiger partial charge in [0.15, 0.2) is 9.84 Å². The molecule has 0 aromatic heterocycles. The number of carbonyl (C=O) groups excluding carboxylic acids is 1. The van der Waals surface area contributed by atoms with Crippen LogP contribution in [-0.2, 0) is 24.7 Å². The van der Waals surface area contributed by atoms with Gasteiger partial charge in [0.1, 0.15) is 0 Å². The Bertz CT molecular complexity index is 996. The molecule has 0 aliphatic carbocycles. The second-order valence-electron chi connectivity index (χ2n) is 8.54.